The molecule has 33 heavy (non-hydrogen) atoms. The fraction of sp³-hybridized carbons (Fsp3) is 0.286. The van der Waals surface area contributed by atoms with Crippen LogP contribution in [0.15, 0.2) is 66.7 Å². The number of nitrogens with zero attached hydrogens (tertiary/aromatic N) is 2. The summed E-state index contributed by atoms with van der Waals surface area (Å²) >= 11 is 0. The van der Waals surface area contributed by atoms with Crippen molar-refractivity contribution in [2.45, 2.75) is 25.9 Å². The first kappa shape index (κ1) is 21.7. The van der Waals surface area contributed by atoms with Crippen molar-refractivity contribution in [1.29, 1.82) is 0 Å². The zero-order chi connectivity index (χ0) is 23.2. The van der Waals surface area contributed by atoms with Crippen LogP contribution in [-0.2, 0) is 12.1 Å². The molecule has 0 radical (unpaired) electrons. The molecule has 0 aromatic heterocycles. The second kappa shape index (κ2) is 8.32. The molecule has 0 amide bonds. The van der Waals surface area contributed by atoms with Crippen molar-refractivity contribution in [3.63, 3.8) is 0 Å². The van der Waals surface area contributed by atoms with Crippen molar-refractivity contribution >= 4 is 11.6 Å². The Morgan fingerprint density at radius 1 is 0.818 bits per heavy atom. The summed E-state index contributed by atoms with van der Waals surface area (Å²) in [5.41, 5.74) is 3.47. The van der Waals surface area contributed by atoms with E-state index in [1.165, 1.54) is 6.07 Å². The van der Waals surface area contributed by atoms with Gasteiger partial charge in [0.25, 0.3) is 0 Å². The average Bonchev–Trinajstić information content (AvgIpc) is 3.05. The quantitative estimate of drug-likeness (QED) is 0.557. The van der Waals surface area contributed by atoms with Gasteiger partial charge in [-0.25, -0.2) is 4.39 Å². The van der Waals surface area contributed by atoms with E-state index >= 15 is 0 Å². The first-order valence-corrected chi connectivity index (χ1v) is 11.4. The third kappa shape index (κ3) is 3.52. The highest BCUT2D eigenvalue weighted by molar-refractivity contribution is 6.32. The fourth-order valence-corrected chi connectivity index (χ4v) is 5.27. The van der Waals surface area contributed by atoms with Gasteiger partial charge in [0.2, 0.25) is 0 Å². The van der Waals surface area contributed by atoms with E-state index in [4.69, 9.17) is 0 Å². The molecular formula is C28H27FN2O2. The standard InChI is InChI=1S/C28H27FN2O2/c1-19-6-5-7-22(16-19)28(26(32)24-8-3-4-9-25(24)27(28)33)31-14-12-30(13-15-31)18-21-17-23(29)11-10-20(21)2/h3-11,16-17H,12-15,18H2,1-2H3. The second-order valence-corrected chi connectivity index (χ2v) is 9.12. The number of fused-ring (bicyclic) bond motifs is 1. The van der Waals surface area contributed by atoms with Crippen LogP contribution in [0.4, 0.5) is 4.39 Å². The van der Waals surface area contributed by atoms with E-state index in [2.05, 4.69) is 9.80 Å². The molecule has 0 atom stereocenters. The lowest BCUT2D eigenvalue weighted by Gasteiger charge is -2.44. The number of benzene rings is 3. The number of piperazine rings is 1. The largest absolute Gasteiger partial charge is 0.297 e. The number of aryl methyl sites for hydroxylation is 2. The normalized spacial score (nSPS) is 18.5. The fourth-order valence-electron chi connectivity index (χ4n) is 5.27. The lowest BCUT2D eigenvalue weighted by Crippen LogP contribution is -2.60. The molecule has 0 spiro atoms. The number of carbonyl (C=O) groups excluding carboxylic acids is 2. The van der Waals surface area contributed by atoms with Gasteiger partial charge in [-0.2, -0.15) is 0 Å². The number of halogens is 1. The number of hydrogen-bond donors (Lipinski definition) is 0. The minimum Gasteiger partial charge on any atom is -0.297 e. The number of hydrogen-bond acceptors (Lipinski definition) is 4. The van der Waals surface area contributed by atoms with Crippen molar-refractivity contribution in [3.05, 3.63) is 106 Å². The third-order valence-electron chi connectivity index (χ3n) is 7.06. The van der Waals surface area contributed by atoms with Gasteiger partial charge in [0.1, 0.15) is 5.82 Å². The highest BCUT2D eigenvalue weighted by Crippen LogP contribution is 2.43. The van der Waals surface area contributed by atoms with Gasteiger partial charge in [-0.3, -0.25) is 19.4 Å². The molecule has 2 aliphatic rings. The van der Waals surface area contributed by atoms with E-state index in [0.29, 0.717) is 43.9 Å². The number of Topliss-reactive ketones (excluding diaryl/α,β-unsaturated/α-hetero) is 2. The van der Waals surface area contributed by atoms with E-state index in [1.54, 1.807) is 24.3 Å². The van der Waals surface area contributed by atoms with Gasteiger partial charge < -0.3 is 0 Å². The molecule has 168 valence electrons. The van der Waals surface area contributed by atoms with Gasteiger partial charge in [0, 0.05) is 43.9 Å². The summed E-state index contributed by atoms with van der Waals surface area (Å²) in [4.78, 5) is 32.1. The number of carbonyl (C=O) groups is 2. The zero-order valence-electron chi connectivity index (χ0n) is 19.0. The van der Waals surface area contributed by atoms with Gasteiger partial charge in [0.05, 0.1) is 0 Å². The molecule has 4 nitrogen and oxygen atoms in total. The Kier molecular flexibility index (Phi) is 5.47. The minimum absolute atomic E-state index is 0.136. The molecule has 1 heterocycles. The molecule has 5 rings (SSSR count). The summed E-state index contributed by atoms with van der Waals surface area (Å²) in [6.45, 7) is 7.16. The van der Waals surface area contributed by atoms with Crippen LogP contribution in [0.5, 0.6) is 0 Å². The smallest absolute Gasteiger partial charge is 0.196 e. The molecule has 1 aliphatic heterocycles. The lowest BCUT2D eigenvalue weighted by molar-refractivity contribution is 0.0279. The predicted molar refractivity (Wildman–Crippen MR) is 126 cm³/mol. The highest BCUT2D eigenvalue weighted by Gasteiger charge is 2.58. The minimum atomic E-state index is -1.32. The molecule has 5 heteroatoms. The Balaban J connectivity index is 1.47. The first-order chi connectivity index (χ1) is 15.9. The summed E-state index contributed by atoms with van der Waals surface area (Å²) in [6.07, 6.45) is 0. The van der Waals surface area contributed by atoms with Crippen molar-refractivity contribution < 1.29 is 14.0 Å². The van der Waals surface area contributed by atoms with Crippen LogP contribution in [0.25, 0.3) is 0 Å². The molecule has 0 bridgehead atoms. The Morgan fingerprint density at radius 2 is 1.48 bits per heavy atom. The van der Waals surface area contributed by atoms with Crippen molar-refractivity contribution in [2.24, 2.45) is 0 Å². The lowest BCUT2D eigenvalue weighted by atomic mass is 9.82. The van der Waals surface area contributed by atoms with E-state index in [0.717, 1.165) is 22.3 Å². The molecular weight excluding hydrogens is 415 g/mol. The van der Waals surface area contributed by atoms with Crippen LogP contribution in [0, 0.1) is 19.7 Å². The Bertz CT molecular complexity index is 1210. The monoisotopic (exact) mass is 442 g/mol. The summed E-state index contributed by atoms with van der Waals surface area (Å²) in [7, 11) is 0. The summed E-state index contributed by atoms with van der Waals surface area (Å²) in [5.74, 6) is -0.501. The van der Waals surface area contributed by atoms with Crippen LogP contribution in [-0.4, -0.2) is 47.5 Å². The van der Waals surface area contributed by atoms with E-state index in [1.807, 2.05) is 50.2 Å². The molecule has 1 saturated heterocycles. The number of rotatable bonds is 4. The highest BCUT2D eigenvalue weighted by atomic mass is 19.1. The summed E-state index contributed by atoms with van der Waals surface area (Å²) in [6, 6.07) is 19.8. The Labute approximate surface area is 193 Å². The van der Waals surface area contributed by atoms with Crippen LogP contribution in [0.2, 0.25) is 0 Å². The van der Waals surface area contributed by atoms with Gasteiger partial charge in [-0.15, -0.1) is 0 Å². The predicted octanol–water partition coefficient (Wildman–Crippen LogP) is 4.53. The molecule has 3 aromatic rings. The Hall–Kier alpha value is -3.15. The Morgan fingerprint density at radius 3 is 2.12 bits per heavy atom. The van der Waals surface area contributed by atoms with Crippen molar-refractivity contribution in [3.8, 4) is 0 Å². The van der Waals surface area contributed by atoms with Gasteiger partial charge in [0.15, 0.2) is 17.1 Å². The molecule has 1 fully saturated rings. The van der Waals surface area contributed by atoms with Crippen LogP contribution >= 0.6 is 0 Å². The van der Waals surface area contributed by atoms with Crippen molar-refractivity contribution in [1.82, 2.24) is 9.80 Å². The topological polar surface area (TPSA) is 40.6 Å². The van der Waals surface area contributed by atoms with Crippen molar-refractivity contribution in [2.75, 3.05) is 26.2 Å². The van der Waals surface area contributed by atoms with Crippen LogP contribution < -0.4 is 0 Å². The third-order valence-corrected chi connectivity index (χ3v) is 7.06. The summed E-state index contributed by atoms with van der Waals surface area (Å²) < 4.78 is 13.8. The second-order valence-electron chi connectivity index (χ2n) is 9.12. The zero-order valence-corrected chi connectivity index (χ0v) is 19.0. The summed E-state index contributed by atoms with van der Waals surface area (Å²) in [5, 5.41) is 0. The van der Waals surface area contributed by atoms with Crippen LogP contribution in [0.1, 0.15) is 43.0 Å². The van der Waals surface area contributed by atoms with Crippen LogP contribution in [0.3, 0.4) is 0 Å². The molecule has 0 saturated carbocycles. The maximum absolute atomic E-state index is 13.9. The van der Waals surface area contributed by atoms with E-state index in [9.17, 15) is 14.0 Å². The van der Waals surface area contributed by atoms with E-state index in [-0.39, 0.29) is 17.4 Å². The maximum Gasteiger partial charge on any atom is 0.196 e. The van der Waals surface area contributed by atoms with E-state index < -0.39 is 5.54 Å². The SMILES string of the molecule is Cc1cccc(C2(N3CCN(Cc4cc(F)ccc4C)CC3)C(=O)c3ccccc3C2=O)c1. The molecule has 0 N–H and O–H groups in total. The first-order valence-electron chi connectivity index (χ1n) is 11.4. The molecule has 3 aromatic carbocycles. The molecule has 1 aliphatic carbocycles. The van der Waals surface area contributed by atoms with Gasteiger partial charge >= 0.3 is 0 Å². The maximum atomic E-state index is 13.9. The molecule has 0 unspecified atom stereocenters. The van der Waals surface area contributed by atoms with Gasteiger partial charge in [-0.05, 0) is 42.7 Å². The van der Waals surface area contributed by atoms with Gasteiger partial charge in [-0.1, -0.05) is 60.2 Å². The number of ketones is 2. The average molecular weight is 443 g/mol.